The molecule has 2 aromatic heterocycles. The van der Waals surface area contributed by atoms with Gasteiger partial charge in [-0.25, -0.2) is 4.98 Å². The van der Waals surface area contributed by atoms with Crippen molar-refractivity contribution in [3.05, 3.63) is 46.9 Å². The lowest BCUT2D eigenvalue weighted by atomic mass is 9.81. The Morgan fingerprint density at radius 1 is 1.41 bits per heavy atom. The Morgan fingerprint density at radius 3 is 2.76 bits per heavy atom. The Balaban J connectivity index is 1.61. The maximum atomic E-state index is 12.7. The quantitative estimate of drug-likeness (QED) is 0.546. The van der Waals surface area contributed by atoms with Crippen molar-refractivity contribution in [3.8, 4) is 10.4 Å². The van der Waals surface area contributed by atoms with Crippen LogP contribution in [0, 0.1) is 11.3 Å². The number of aliphatic hydroxyl groups excluding tert-OH is 1. The average molecular weight is 414 g/mol. The summed E-state index contributed by atoms with van der Waals surface area (Å²) < 4.78 is 5.17. The summed E-state index contributed by atoms with van der Waals surface area (Å²) >= 11 is 1.47. The summed E-state index contributed by atoms with van der Waals surface area (Å²) in [4.78, 5) is 17.9. The van der Waals surface area contributed by atoms with Gasteiger partial charge in [-0.3, -0.25) is 4.79 Å². The van der Waals surface area contributed by atoms with Crippen molar-refractivity contribution in [3.63, 3.8) is 0 Å². The van der Waals surface area contributed by atoms with Gasteiger partial charge in [0.25, 0.3) is 0 Å². The third-order valence-corrected chi connectivity index (χ3v) is 6.90. The number of aromatic nitrogens is 5. The zero-order valence-corrected chi connectivity index (χ0v) is 17.1. The van der Waals surface area contributed by atoms with Crippen molar-refractivity contribution in [1.29, 1.82) is 0 Å². The zero-order chi connectivity index (χ0) is 20.4. The summed E-state index contributed by atoms with van der Waals surface area (Å²) in [6.45, 7) is 2.04. The Kier molecular flexibility index (Phi) is 5.42. The normalized spacial score (nSPS) is 21.7. The van der Waals surface area contributed by atoms with Gasteiger partial charge in [0.05, 0.1) is 24.0 Å². The van der Waals surface area contributed by atoms with Crippen molar-refractivity contribution in [2.75, 3.05) is 7.11 Å². The Labute approximate surface area is 172 Å². The lowest BCUT2D eigenvalue weighted by molar-refractivity contribution is -0.149. The van der Waals surface area contributed by atoms with E-state index in [1.54, 1.807) is 6.20 Å². The fourth-order valence-electron chi connectivity index (χ4n) is 4.24. The van der Waals surface area contributed by atoms with Crippen LogP contribution in [0.4, 0.5) is 0 Å². The van der Waals surface area contributed by atoms with E-state index >= 15 is 0 Å². The highest BCUT2D eigenvalue weighted by atomic mass is 32.1. The van der Waals surface area contributed by atoms with Crippen molar-refractivity contribution < 1.29 is 14.6 Å². The van der Waals surface area contributed by atoms with Gasteiger partial charge in [0.15, 0.2) is 5.82 Å². The SMILES string of the molecule is CC[C@@H]1CC1(C(=O)OC)[C@H](Cc1ccc(-c2cnc(CO)s2)cc1)c1nn[nH]n1. The molecule has 152 valence electrons. The van der Waals surface area contributed by atoms with Gasteiger partial charge < -0.3 is 9.84 Å². The largest absolute Gasteiger partial charge is 0.469 e. The van der Waals surface area contributed by atoms with Crippen molar-refractivity contribution in [2.45, 2.75) is 38.7 Å². The van der Waals surface area contributed by atoms with Crippen LogP contribution < -0.4 is 0 Å². The van der Waals surface area contributed by atoms with Crippen LogP contribution in [-0.4, -0.2) is 43.8 Å². The molecule has 8 nitrogen and oxygen atoms in total. The average Bonchev–Trinajstić information content (AvgIpc) is 3.11. The number of nitrogens with one attached hydrogen (secondary N) is 1. The number of rotatable bonds is 8. The molecular formula is C20H23N5O3S. The number of methoxy groups -OCH3 is 1. The first-order valence-corrected chi connectivity index (χ1v) is 10.4. The van der Waals surface area contributed by atoms with E-state index in [2.05, 4.69) is 44.7 Å². The number of tetrazole rings is 1. The number of nitrogens with zero attached hydrogens (tertiary/aromatic N) is 4. The zero-order valence-electron chi connectivity index (χ0n) is 16.3. The minimum absolute atomic E-state index is 0.0522. The van der Waals surface area contributed by atoms with E-state index in [9.17, 15) is 9.90 Å². The number of esters is 1. The lowest BCUT2D eigenvalue weighted by Crippen LogP contribution is -2.30. The van der Waals surface area contributed by atoms with Crippen LogP contribution in [0.5, 0.6) is 0 Å². The predicted molar refractivity (Wildman–Crippen MR) is 107 cm³/mol. The molecule has 2 N–H and O–H groups in total. The maximum Gasteiger partial charge on any atom is 0.312 e. The molecule has 0 bridgehead atoms. The van der Waals surface area contributed by atoms with Crippen LogP contribution in [0.3, 0.4) is 0 Å². The molecular weight excluding hydrogens is 390 g/mol. The summed E-state index contributed by atoms with van der Waals surface area (Å²) in [5.41, 5.74) is 1.53. The summed E-state index contributed by atoms with van der Waals surface area (Å²) in [7, 11) is 1.44. The van der Waals surface area contributed by atoms with Crippen molar-refractivity contribution >= 4 is 17.3 Å². The molecule has 1 unspecified atom stereocenters. The highest BCUT2D eigenvalue weighted by Gasteiger charge is 2.65. The third kappa shape index (κ3) is 3.56. The van der Waals surface area contributed by atoms with Gasteiger partial charge in [-0.05, 0) is 29.9 Å². The van der Waals surface area contributed by atoms with Gasteiger partial charge in [-0.1, -0.05) is 42.8 Å². The van der Waals surface area contributed by atoms with Gasteiger partial charge in [0.1, 0.15) is 5.01 Å². The molecule has 1 aromatic carbocycles. The highest BCUT2D eigenvalue weighted by Crippen LogP contribution is 2.63. The number of carbonyl (C=O) groups is 1. The molecule has 29 heavy (non-hydrogen) atoms. The molecule has 1 saturated carbocycles. The van der Waals surface area contributed by atoms with Gasteiger partial charge in [-0.15, -0.1) is 21.5 Å². The van der Waals surface area contributed by atoms with E-state index in [0.717, 1.165) is 28.8 Å². The first kappa shape index (κ1) is 19.7. The van der Waals surface area contributed by atoms with E-state index in [4.69, 9.17) is 4.74 Å². The van der Waals surface area contributed by atoms with Gasteiger partial charge in [0, 0.05) is 12.1 Å². The number of carbonyl (C=O) groups excluding carboxylic acids is 1. The van der Waals surface area contributed by atoms with Crippen LogP contribution in [0.1, 0.15) is 42.1 Å². The van der Waals surface area contributed by atoms with Crippen LogP contribution in [-0.2, 0) is 22.6 Å². The minimum Gasteiger partial charge on any atom is -0.469 e. The van der Waals surface area contributed by atoms with Gasteiger partial charge in [0.2, 0.25) is 0 Å². The minimum atomic E-state index is -0.597. The molecule has 0 amide bonds. The smallest absolute Gasteiger partial charge is 0.312 e. The maximum absolute atomic E-state index is 12.7. The highest BCUT2D eigenvalue weighted by molar-refractivity contribution is 7.15. The van der Waals surface area contributed by atoms with Crippen LogP contribution >= 0.6 is 11.3 Å². The number of aliphatic hydroxyl groups is 1. The lowest BCUT2D eigenvalue weighted by Gasteiger charge is -2.24. The molecule has 0 saturated heterocycles. The molecule has 0 spiro atoms. The molecule has 3 aromatic rings. The molecule has 9 heteroatoms. The third-order valence-electron chi connectivity index (χ3n) is 5.87. The van der Waals surface area contributed by atoms with E-state index < -0.39 is 5.41 Å². The first-order valence-electron chi connectivity index (χ1n) is 9.59. The van der Waals surface area contributed by atoms with Gasteiger partial charge in [-0.2, -0.15) is 5.21 Å². The number of H-pyrrole nitrogens is 1. The van der Waals surface area contributed by atoms with Crippen molar-refractivity contribution in [1.82, 2.24) is 25.6 Å². The van der Waals surface area contributed by atoms with E-state index in [0.29, 0.717) is 17.3 Å². The molecule has 1 aliphatic rings. The van der Waals surface area contributed by atoms with E-state index in [1.807, 2.05) is 12.1 Å². The fraction of sp³-hybridized carbons (Fsp3) is 0.450. The second kappa shape index (κ2) is 8.00. The number of ether oxygens (including phenoxy) is 1. The number of hydrogen-bond donors (Lipinski definition) is 2. The second-order valence-corrected chi connectivity index (χ2v) is 8.46. The number of aromatic amines is 1. The molecule has 0 radical (unpaired) electrons. The number of thiazole rings is 1. The van der Waals surface area contributed by atoms with Crippen LogP contribution in [0.15, 0.2) is 30.5 Å². The van der Waals surface area contributed by atoms with Crippen LogP contribution in [0.2, 0.25) is 0 Å². The Bertz CT molecular complexity index is 972. The molecule has 1 aliphatic carbocycles. The monoisotopic (exact) mass is 413 g/mol. The predicted octanol–water partition coefficient (Wildman–Crippen LogP) is 2.73. The van der Waals surface area contributed by atoms with Crippen molar-refractivity contribution in [2.24, 2.45) is 11.3 Å². The topological polar surface area (TPSA) is 114 Å². The Morgan fingerprint density at radius 2 is 2.21 bits per heavy atom. The molecule has 0 aliphatic heterocycles. The summed E-state index contributed by atoms with van der Waals surface area (Å²) in [6.07, 6.45) is 4.07. The first-order chi connectivity index (χ1) is 14.1. The van der Waals surface area contributed by atoms with Gasteiger partial charge >= 0.3 is 5.97 Å². The molecule has 2 heterocycles. The standard InChI is InChI=1S/C20H23N5O3S/c1-3-14-9-20(14,19(27)28-2)15(18-22-24-25-23-18)8-12-4-6-13(7-5-12)16-10-21-17(11-26)29-16/h4-7,10,14-15,26H,3,8-9,11H2,1-2H3,(H,22,23,24,25)/t14-,15-,20?/m1/s1. The van der Waals surface area contributed by atoms with E-state index in [1.165, 1.54) is 18.4 Å². The second-order valence-electron chi connectivity index (χ2n) is 7.34. The van der Waals surface area contributed by atoms with Crippen LogP contribution in [0.25, 0.3) is 10.4 Å². The summed E-state index contributed by atoms with van der Waals surface area (Å²) in [6, 6.07) is 8.17. The molecule has 1 fully saturated rings. The molecule has 3 atom stereocenters. The fourth-order valence-corrected chi connectivity index (χ4v) is 5.03. The van der Waals surface area contributed by atoms with E-state index in [-0.39, 0.29) is 24.4 Å². The summed E-state index contributed by atoms with van der Waals surface area (Å²) in [5, 5.41) is 24.5. The number of hydrogen-bond acceptors (Lipinski definition) is 8. The number of benzene rings is 1. The molecule has 4 rings (SSSR count). The Hall–Kier alpha value is -2.65. The summed E-state index contributed by atoms with van der Waals surface area (Å²) in [5.74, 6) is 0.406.